The number of carbonyl (C=O) groups is 1. The van der Waals surface area contributed by atoms with Crippen LogP contribution in [0.3, 0.4) is 0 Å². The molecule has 0 spiro atoms. The lowest BCUT2D eigenvalue weighted by atomic mass is 10.5. The van der Waals surface area contributed by atoms with Crippen LogP contribution in [0, 0.1) is 0 Å². The van der Waals surface area contributed by atoms with Crippen LogP contribution in [-0.4, -0.2) is 26.3 Å². The summed E-state index contributed by atoms with van der Waals surface area (Å²) < 4.78 is 10.6. The Kier molecular flexibility index (Phi) is 2.45. The van der Waals surface area contributed by atoms with Crippen molar-refractivity contribution in [1.82, 2.24) is 13.8 Å². The second-order valence-corrected chi connectivity index (χ2v) is 3.45. The summed E-state index contributed by atoms with van der Waals surface area (Å²) in [4.78, 5) is 16.2. The first kappa shape index (κ1) is 9.14. The molecule has 0 radical (unpaired) electrons. The predicted molar refractivity (Wildman–Crippen MR) is 51.4 cm³/mol. The molecule has 2 aromatic heterocycles. The maximum atomic E-state index is 11.4. The van der Waals surface area contributed by atoms with Crippen molar-refractivity contribution < 1.29 is 9.53 Å². The fraction of sp³-hybridized carbons (Fsp3) is 0.375. The SMILES string of the molecule is CCCOC(=O)c1nsc2nccn12. The van der Waals surface area contributed by atoms with Gasteiger partial charge in [0.05, 0.1) is 6.61 Å². The molecule has 14 heavy (non-hydrogen) atoms. The van der Waals surface area contributed by atoms with Crippen LogP contribution in [0.5, 0.6) is 0 Å². The Morgan fingerprint density at radius 3 is 3.36 bits per heavy atom. The molecule has 0 saturated heterocycles. The van der Waals surface area contributed by atoms with E-state index in [0.717, 1.165) is 6.42 Å². The van der Waals surface area contributed by atoms with E-state index in [9.17, 15) is 4.79 Å². The van der Waals surface area contributed by atoms with E-state index < -0.39 is 5.97 Å². The summed E-state index contributed by atoms with van der Waals surface area (Å²) in [6.07, 6.45) is 4.13. The number of carbonyl (C=O) groups excluding carboxylic acids is 1. The molecule has 0 amide bonds. The highest BCUT2D eigenvalue weighted by Gasteiger charge is 2.15. The van der Waals surface area contributed by atoms with Gasteiger partial charge in [-0.25, -0.2) is 9.78 Å². The zero-order valence-electron chi connectivity index (χ0n) is 7.64. The quantitative estimate of drug-likeness (QED) is 0.719. The van der Waals surface area contributed by atoms with Crippen LogP contribution in [0.15, 0.2) is 12.4 Å². The number of nitrogens with zero attached hydrogens (tertiary/aromatic N) is 3. The lowest BCUT2D eigenvalue weighted by molar-refractivity contribution is 0.0490. The molecular formula is C8H9N3O2S. The first-order valence-electron chi connectivity index (χ1n) is 4.28. The normalized spacial score (nSPS) is 10.6. The number of rotatable bonds is 3. The summed E-state index contributed by atoms with van der Waals surface area (Å²) in [5.74, 6) is -0.0907. The van der Waals surface area contributed by atoms with E-state index in [-0.39, 0.29) is 0 Å². The molecule has 5 nitrogen and oxygen atoms in total. The number of fused-ring (bicyclic) bond motifs is 1. The van der Waals surface area contributed by atoms with Gasteiger partial charge < -0.3 is 4.74 Å². The first-order chi connectivity index (χ1) is 6.83. The Balaban J connectivity index is 2.25. The van der Waals surface area contributed by atoms with Crippen molar-refractivity contribution in [2.24, 2.45) is 0 Å². The van der Waals surface area contributed by atoms with Crippen LogP contribution in [0.1, 0.15) is 24.0 Å². The third-order valence-corrected chi connectivity index (χ3v) is 2.40. The Bertz CT molecular complexity index is 448. The molecule has 0 atom stereocenters. The smallest absolute Gasteiger partial charge is 0.376 e. The molecule has 2 aromatic rings. The minimum atomic E-state index is -0.392. The molecule has 2 rings (SSSR count). The largest absolute Gasteiger partial charge is 0.460 e. The van der Waals surface area contributed by atoms with Gasteiger partial charge in [0.1, 0.15) is 0 Å². The van der Waals surface area contributed by atoms with Gasteiger partial charge in [-0.2, -0.15) is 4.37 Å². The summed E-state index contributed by atoms with van der Waals surface area (Å²) in [5, 5.41) is 0. The van der Waals surface area contributed by atoms with Crippen molar-refractivity contribution in [1.29, 1.82) is 0 Å². The van der Waals surface area contributed by atoms with Crippen molar-refractivity contribution in [3.05, 3.63) is 18.2 Å². The summed E-state index contributed by atoms with van der Waals surface area (Å²) in [5.41, 5.74) is 0. The van der Waals surface area contributed by atoms with E-state index >= 15 is 0 Å². The molecule has 0 saturated carbocycles. The molecule has 0 unspecified atom stereocenters. The number of hydrogen-bond donors (Lipinski definition) is 0. The average Bonchev–Trinajstić information content (AvgIpc) is 2.74. The molecule has 0 aromatic carbocycles. The van der Waals surface area contributed by atoms with Crippen LogP contribution in [-0.2, 0) is 4.74 Å². The highest BCUT2D eigenvalue weighted by atomic mass is 32.1. The predicted octanol–water partition coefficient (Wildman–Crippen LogP) is 1.36. The van der Waals surface area contributed by atoms with Gasteiger partial charge in [-0.1, -0.05) is 6.92 Å². The lowest BCUT2D eigenvalue weighted by Crippen LogP contribution is -2.09. The molecule has 6 heteroatoms. The van der Waals surface area contributed by atoms with Crippen LogP contribution >= 0.6 is 11.5 Å². The van der Waals surface area contributed by atoms with E-state index in [1.54, 1.807) is 16.8 Å². The van der Waals surface area contributed by atoms with Gasteiger partial charge >= 0.3 is 5.97 Å². The number of esters is 1. The fourth-order valence-corrected chi connectivity index (χ4v) is 1.72. The van der Waals surface area contributed by atoms with Gasteiger partial charge in [0.2, 0.25) is 10.8 Å². The lowest BCUT2D eigenvalue weighted by Gasteiger charge is -1.99. The molecule has 0 fully saturated rings. The molecule has 0 aliphatic heterocycles. The molecule has 0 aliphatic rings. The average molecular weight is 211 g/mol. The molecule has 0 aliphatic carbocycles. The van der Waals surface area contributed by atoms with Crippen LogP contribution in [0.2, 0.25) is 0 Å². The monoisotopic (exact) mass is 211 g/mol. The van der Waals surface area contributed by atoms with Crippen molar-refractivity contribution in [3.8, 4) is 0 Å². The summed E-state index contributed by atoms with van der Waals surface area (Å²) >= 11 is 1.18. The van der Waals surface area contributed by atoms with E-state index in [2.05, 4.69) is 9.36 Å². The van der Waals surface area contributed by atoms with Gasteiger partial charge in [-0.05, 0) is 6.42 Å². The molecule has 0 N–H and O–H groups in total. The summed E-state index contributed by atoms with van der Waals surface area (Å²) in [6, 6.07) is 0. The molecule has 0 bridgehead atoms. The Labute approximate surface area is 84.5 Å². The van der Waals surface area contributed by atoms with E-state index in [4.69, 9.17) is 4.74 Å². The van der Waals surface area contributed by atoms with Crippen LogP contribution in [0.4, 0.5) is 0 Å². The minimum Gasteiger partial charge on any atom is -0.460 e. The van der Waals surface area contributed by atoms with Gasteiger partial charge in [0.25, 0.3) is 0 Å². The van der Waals surface area contributed by atoms with E-state index in [0.29, 0.717) is 17.4 Å². The zero-order valence-corrected chi connectivity index (χ0v) is 8.45. The topological polar surface area (TPSA) is 56.5 Å². The van der Waals surface area contributed by atoms with Crippen molar-refractivity contribution in [2.45, 2.75) is 13.3 Å². The third kappa shape index (κ3) is 1.48. The number of imidazole rings is 1. The third-order valence-electron chi connectivity index (χ3n) is 1.67. The Morgan fingerprint density at radius 2 is 2.57 bits per heavy atom. The van der Waals surface area contributed by atoms with Gasteiger partial charge in [-0.3, -0.25) is 4.40 Å². The van der Waals surface area contributed by atoms with Crippen molar-refractivity contribution >= 4 is 22.5 Å². The molecule has 74 valence electrons. The van der Waals surface area contributed by atoms with Crippen molar-refractivity contribution in [3.63, 3.8) is 0 Å². The Morgan fingerprint density at radius 1 is 1.71 bits per heavy atom. The van der Waals surface area contributed by atoms with Gasteiger partial charge in [0.15, 0.2) is 0 Å². The maximum Gasteiger partial charge on any atom is 0.376 e. The highest BCUT2D eigenvalue weighted by Crippen LogP contribution is 2.10. The van der Waals surface area contributed by atoms with Gasteiger partial charge in [-0.15, -0.1) is 0 Å². The second kappa shape index (κ2) is 3.75. The van der Waals surface area contributed by atoms with Crippen molar-refractivity contribution in [2.75, 3.05) is 6.61 Å². The molecular weight excluding hydrogens is 202 g/mol. The standard InChI is InChI=1S/C8H9N3O2S/c1-2-5-13-7(12)6-10-14-8-9-3-4-11(6)8/h3-4H,2,5H2,1H3. The number of hydrogen-bond acceptors (Lipinski definition) is 5. The Hall–Kier alpha value is -1.43. The maximum absolute atomic E-state index is 11.4. The van der Waals surface area contributed by atoms with Gasteiger partial charge in [0, 0.05) is 23.9 Å². The highest BCUT2D eigenvalue weighted by molar-refractivity contribution is 7.11. The van der Waals surface area contributed by atoms with Crippen LogP contribution in [0.25, 0.3) is 4.96 Å². The van der Waals surface area contributed by atoms with Crippen LogP contribution < -0.4 is 0 Å². The minimum absolute atomic E-state index is 0.302. The second-order valence-electron chi connectivity index (χ2n) is 2.72. The fourth-order valence-electron chi connectivity index (χ4n) is 1.04. The molecule has 2 heterocycles. The first-order valence-corrected chi connectivity index (χ1v) is 5.06. The number of ether oxygens (including phenoxy) is 1. The number of aromatic nitrogens is 3. The summed E-state index contributed by atoms with van der Waals surface area (Å²) in [7, 11) is 0. The zero-order chi connectivity index (χ0) is 9.97. The summed E-state index contributed by atoms with van der Waals surface area (Å²) in [6.45, 7) is 2.37. The van der Waals surface area contributed by atoms with E-state index in [1.807, 2.05) is 6.92 Å². The van der Waals surface area contributed by atoms with E-state index in [1.165, 1.54) is 11.5 Å².